The van der Waals surface area contributed by atoms with Gasteiger partial charge in [-0.2, -0.15) is 0 Å². The highest BCUT2D eigenvalue weighted by Crippen LogP contribution is 2.30. The van der Waals surface area contributed by atoms with E-state index in [-0.39, 0.29) is 12.1 Å². The fourth-order valence-corrected chi connectivity index (χ4v) is 3.48. The number of hydrogen-bond donors (Lipinski definition) is 1. The second-order valence-corrected chi connectivity index (χ2v) is 7.57. The van der Waals surface area contributed by atoms with Crippen molar-refractivity contribution in [2.45, 2.75) is 26.8 Å². The van der Waals surface area contributed by atoms with Gasteiger partial charge in [-0.25, -0.2) is 4.79 Å². The number of hydrogen-bond acceptors (Lipinski definition) is 6. The average Bonchev–Trinajstić information content (AvgIpc) is 2.79. The Balaban J connectivity index is 1.86. The summed E-state index contributed by atoms with van der Waals surface area (Å²) in [6.45, 7) is 4.78. The molecular weight excluding hydrogens is 448 g/mol. The minimum atomic E-state index is -0.792. The molecule has 1 fully saturated rings. The highest BCUT2D eigenvalue weighted by Gasteiger charge is 2.35. The molecule has 0 aliphatic carbocycles. The van der Waals surface area contributed by atoms with Crippen LogP contribution >= 0.6 is 11.6 Å². The van der Waals surface area contributed by atoms with E-state index in [0.29, 0.717) is 46.6 Å². The summed E-state index contributed by atoms with van der Waals surface area (Å²) in [5.74, 6) is 0.0926. The van der Waals surface area contributed by atoms with Gasteiger partial charge in [-0.3, -0.25) is 19.8 Å². The molecule has 1 aliphatic heterocycles. The van der Waals surface area contributed by atoms with E-state index < -0.39 is 17.8 Å². The fourth-order valence-electron chi connectivity index (χ4n) is 3.21. The molecule has 0 saturated carbocycles. The number of benzene rings is 2. The monoisotopic (exact) mass is 472 g/mol. The van der Waals surface area contributed by atoms with Crippen molar-refractivity contribution in [3.05, 3.63) is 58.1 Å². The predicted octanol–water partition coefficient (Wildman–Crippen LogP) is 4.20. The molecule has 2 aromatic carbocycles. The van der Waals surface area contributed by atoms with Crippen LogP contribution in [0.25, 0.3) is 6.08 Å². The first-order valence-corrected chi connectivity index (χ1v) is 10.9. The maximum atomic E-state index is 13.0. The van der Waals surface area contributed by atoms with Gasteiger partial charge in [0.25, 0.3) is 11.8 Å². The fraction of sp³-hybridized carbons (Fsp3) is 0.292. The molecular formula is C24H25ClN2O6. The van der Waals surface area contributed by atoms with Gasteiger partial charge in [0.2, 0.25) is 0 Å². The number of carbonyl (C=O) groups excluding carboxylic acids is 3. The zero-order valence-corrected chi connectivity index (χ0v) is 19.4. The number of carbonyl (C=O) groups is 3. The lowest BCUT2D eigenvalue weighted by Gasteiger charge is -2.26. The largest absolute Gasteiger partial charge is 0.495 e. The quantitative estimate of drug-likeness (QED) is 0.434. The number of halogens is 1. The molecule has 1 saturated heterocycles. The Morgan fingerprint density at radius 2 is 1.76 bits per heavy atom. The summed E-state index contributed by atoms with van der Waals surface area (Å²) in [4.78, 5) is 38.8. The topological polar surface area (TPSA) is 94.2 Å². The average molecular weight is 473 g/mol. The van der Waals surface area contributed by atoms with Gasteiger partial charge in [0.1, 0.15) is 11.3 Å². The SMILES string of the molecule is CCCOc1ccc(CN2C(=O)NC(=O)/C(=C\c3ccc(OC)c(Cl)c3)C2=O)cc1OCC. The summed E-state index contributed by atoms with van der Waals surface area (Å²) in [5, 5.41) is 2.54. The molecule has 1 N–H and O–H groups in total. The number of rotatable bonds is 9. The minimum Gasteiger partial charge on any atom is -0.495 e. The molecule has 9 heteroatoms. The molecule has 0 bridgehead atoms. The molecule has 1 aliphatic rings. The Morgan fingerprint density at radius 1 is 1.00 bits per heavy atom. The van der Waals surface area contributed by atoms with E-state index in [9.17, 15) is 14.4 Å². The van der Waals surface area contributed by atoms with E-state index in [2.05, 4.69) is 5.32 Å². The summed E-state index contributed by atoms with van der Waals surface area (Å²) in [6.07, 6.45) is 2.23. The van der Waals surface area contributed by atoms with Crippen LogP contribution in [0.1, 0.15) is 31.4 Å². The van der Waals surface area contributed by atoms with Crippen LogP contribution < -0.4 is 19.5 Å². The number of methoxy groups -OCH3 is 1. The molecule has 174 valence electrons. The van der Waals surface area contributed by atoms with Crippen molar-refractivity contribution in [1.82, 2.24) is 10.2 Å². The van der Waals surface area contributed by atoms with Crippen LogP contribution in [0.2, 0.25) is 5.02 Å². The number of nitrogens with zero attached hydrogens (tertiary/aromatic N) is 1. The molecule has 2 aromatic rings. The molecule has 1 heterocycles. The van der Waals surface area contributed by atoms with Gasteiger partial charge in [0.05, 0.1) is 31.9 Å². The van der Waals surface area contributed by atoms with Crippen molar-refractivity contribution in [2.75, 3.05) is 20.3 Å². The van der Waals surface area contributed by atoms with Crippen molar-refractivity contribution in [2.24, 2.45) is 0 Å². The highest BCUT2D eigenvalue weighted by atomic mass is 35.5. The summed E-state index contributed by atoms with van der Waals surface area (Å²) in [6, 6.07) is 9.26. The lowest BCUT2D eigenvalue weighted by atomic mass is 10.1. The maximum Gasteiger partial charge on any atom is 0.331 e. The van der Waals surface area contributed by atoms with E-state index in [1.807, 2.05) is 13.8 Å². The highest BCUT2D eigenvalue weighted by molar-refractivity contribution is 6.33. The molecule has 0 spiro atoms. The van der Waals surface area contributed by atoms with Gasteiger partial charge in [-0.1, -0.05) is 30.7 Å². The van der Waals surface area contributed by atoms with Crippen LogP contribution in [0, 0.1) is 0 Å². The minimum absolute atomic E-state index is 0.0488. The van der Waals surface area contributed by atoms with Gasteiger partial charge >= 0.3 is 6.03 Å². The second-order valence-electron chi connectivity index (χ2n) is 7.17. The van der Waals surface area contributed by atoms with Crippen molar-refractivity contribution in [1.29, 1.82) is 0 Å². The smallest absolute Gasteiger partial charge is 0.331 e. The molecule has 0 radical (unpaired) electrons. The van der Waals surface area contributed by atoms with Gasteiger partial charge < -0.3 is 14.2 Å². The lowest BCUT2D eigenvalue weighted by Crippen LogP contribution is -2.53. The third kappa shape index (κ3) is 5.64. The first-order valence-electron chi connectivity index (χ1n) is 10.5. The van der Waals surface area contributed by atoms with Crippen molar-refractivity contribution in [3.8, 4) is 17.2 Å². The van der Waals surface area contributed by atoms with Crippen LogP contribution in [0.4, 0.5) is 4.79 Å². The summed E-state index contributed by atoms with van der Waals surface area (Å²) in [7, 11) is 1.49. The number of imide groups is 2. The Labute approximate surface area is 197 Å². The predicted molar refractivity (Wildman–Crippen MR) is 123 cm³/mol. The van der Waals surface area contributed by atoms with E-state index in [0.717, 1.165) is 11.3 Å². The van der Waals surface area contributed by atoms with E-state index in [1.165, 1.54) is 13.2 Å². The van der Waals surface area contributed by atoms with Crippen molar-refractivity contribution in [3.63, 3.8) is 0 Å². The van der Waals surface area contributed by atoms with Crippen LogP contribution in [-0.2, 0) is 16.1 Å². The third-order valence-corrected chi connectivity index (χ3v) is 5.08. The summed E-state index contributed by atoms with van der Waals surface area (Å²) >= 11 is 6.14. The Kier molecular flexibility index (Phi) is 7.95. The summed E-state index contributed by atoms with van der Waals surface area (Å²) in [5.41, 5.74) is 0.986. The molecule has 33 heavy (non-hydrogen) atoms. The van der Waals surface area contributed by atoms with Gasteiger partial charge in [-0.05, 0) is 54.8 Å². The number of amides is 4. The van der Waals surface area contributed by atoms with E-state index in [4.69, 9.17) is 25.8 Å². The first kappa shape index (κ1) is 24.1. The standard InChI is InChI=1S/C24H25ClN2O6/c1-4-10-33-20-9-7-16(13-21(20)32-5-2)14-27-23(29)17(22(28)26-24(27)30)11-15-6-8-19(31-3)18(25)12-15/h6-9,11-13H,4-5,10,14H2,1-3H3,(H,26,28,30)/b17-11+. The van der Waals surface area contributed by atoms with Crippen LogP contribution in [0.5, 0.6) is 17.2 Å². The summed E-state index contributed by atoms with van der Waals surface area (Å²) < 4.78 is 16.5. The van der Waals surface area contributed by atoms with Crippen molar-refractivity contribution < 1.29 is 28.6 Å². The molecule has 0 unspecified atom stereocenters. The number of barbiturate groups is 1. The Morgan fingerprint density at radius 3 is 2.42 bits per heavy atom. The Bertz CT molecular complexity index is 1100. The Hall–Kier alpha value is -3.52. The van der Waals surface area contributed by atoms with Crippen LogP contribution in [0.15, 0.2) is 42.0 Å². The number of ether oxygens (including phenoxy) is 3. The van der Waals surface area contributed by atoms with Crippen molar-refractivity contribution >= 4 is 35.5 Å². The van der Waals surface area contributed by atoms with E-state index >= 15 is 0 Å². The molecule has 0 aromatic heterocycles. The number of nitrogens with one attached hydrogen (secondary N) is 1. The van der Waals surface area contributed by atoms with Gasteiger partial charge in [0.15, 0.2) is 11.5 Å². The molecule has 8 nitrogen and oxygen atoms in total. The zero-order valence-electron chi connectivity index (χ0n) is 18.6. The zero-order chi connectivity index (χ0) is 24.0. The van der Waals surface area contributed by atoms with Gasteiger partial charge in [-0.15, -0.1) is 0 Å². The third-order valence-electron chi connectivity index (χ3n) is 4.78. The molecule has 3 rings (SSSR count). The first-order chi connectivity index (χ1) is 15.9. The second kappa shape index (κ2) is 10.9. The molecule has 0 atom stereocenters. The maximum absolute atomic E-state index is 13.0. The van der Waals surface area contributed by atoms with E-state index in [1.54, 1.807) is 36.4 Å². The normalized spacial score (nSPS) is 15.0. The molecule has 4 amide bonds. The lowest BCUT2D eigenvalue weighted by molar-refractivity contribution is -0.130. The van der Waals surface area contributed by atoms with Crippen LogP contribution in [0.3, 0.4) is 0 Å². The van der Waals surface area contributed by atoms with Crippen LogP contribution in [-0.4, -0.2) is 43.1 Å². The van der Waals surface area contributed by atoms with Gasteiger partial charge in [0, 0.05) is 0 Å². The number of urea groups is 1.